The Balaban J connectivity index is 2.24. The van der Waals surface area contributed by atoms with Gasteiger partial charge in [0.25, 0.3) is 0 Å². The Kier molecular flexibility index (Phi) is 2.87. The van der Waals surface area contributed by atoms with Crippen LogP contribution in [0.2, 0.25) is 0 Å². The highest BCUT2D eigenvalue weighted by atomic mass is 15.1. The summed E-state index contributed by atoms with van der Waals surface area (Å²) in [6.07, 6.45) is 5.98. The van der Waals surface area contributed by atoms with Crippen LogP contribution in [0.25, 0.3) is 6.08 Å². The molecule has 0 atom stereocenters. The molecule has 0 bridgehead atoms. The highest BCUT2D eigenvalue weighted by molar-refractivity contribution is 5.66. The van der Waals surface area contributed by atoms with E-state index in [1.807, 2.05) is 6.08 Å². The number of para-hydroxylation sites is 1. The van der Waals surface area contributed by atoms with Gasteiger partial charge >= 0.3 is 0 Å². The van der Waals surface area contributed by atoms with Crippen LogP contribution in [0.1, 0.15) is 24.8 Å². The maximum Gasteiger partial charge on any atom is 0.0439 e. The Morgan fingerprint density at radius 3 is 2.50 bits per heavy atom. The molecule has 74 valence electrons. The van der Waals surface area contributed by atoms with Crippen LogP contribution in [-0.4, -0.2) is 13.1 Å². The summed E-state index contributed by atoms with van der Waals surface area (Å²) in [7, 11) is 0. The van der Waals surface area contributed by atoms with E-state index < -0.39 is 0 Å². The van der Waals surface area contributed by atoms with Crippen molar-refractivity contribution in [1.82, 2.24) is 0 Å². The first-order valence-electron chi connectivity index (χ1n) is 5.38. The normalized spacial score (nSPS) is 16.7. The van der Waals surface area contributed by atoms with Crippen LogP contribution in [0.5, 0.6) is 0 Å². The average molecular weight is 187 g/mol. The number of benzene rings is 1. The van der Waals surface area contributed by atoms with E-state index in [2.05, 4.69) is 35.7 Å². The monoisotopic (exact) mass is 187 g/mol. The molecule has 0 radical (unpaired) electrons. The van der Waals surface area contributed by atoms with Crippen molar-refractivity contribution in [2.24, 2.45) is 0 Å². The highest BCUT2D eigenvalue weighted by Gasteiger charge is 2.12. The van der Waals surface area contributed by atoms with Crippen LogP contribution >= 0.6 is 0 Å². The molecule has 0 aromatic heterocycles. The summed E-state index contributed by atoms with van der Waals surface area (Å²) in [5, 5.41) is 0. The van der Waals surface area contributed by atoms with E-state index in [0.717, 1.165) is 0 Å². The van der Waals surface area contributed by atoms with E-state index in [-0.39, 0.29) is 0 Å². The Labute approximate surface area is 86.1 Å². The molecule has 14 heavy (non-hydrogen) atoms. The second kappa shape index (κ2) is 4.32. The molecule has 1 aliphatic heterocycles. The minimum Gasteiger partial charge on any atom is -0.371 e. The van der Waals surface area contributed by atoms with Gasteiger partial charge in [0.05, 0.1) is 0 Å². The largest absolute Gasteiger partial charge is 0.371 e. The number of piperidine rings is 1. The summed E-state index contributed by atoms with van der Waals surface area (Å²) < 4.78 is 0. The Morgan fingerprint density at radius 1 is 1.07 bits per heavy atom. The fourth-order valence-electron chi connectivity index (χ4n) is 2.08. The molecule has 1 fully saturated rings. The van der Waals surface area contributed by atoms with Gasteiger partial charge in [-0.25, -0.2) is 0 Å². The molecule has 1 heteroatoms. The average Bonchev–Trinajstić information content (AvgIpc) is 2.30. The van der Waals surface area contributed by atoms with Gasteiger partial charge in [-0.2, -0.15) is 0 Å². The van der Waals surface area contributed by atoms with Crippen LogP contribution in [-0.2, 0) is 0 Å². The molecule has 0 amide bonds. The molecule has 0 aliphatic carbocycles. The summed E-state index contributed by atoms with van der Waals surface area (Å²) in [6, 6.07) is 8.51. The van der Waals surface area contributed by atoms with Crippen molar-refractivity contribution in [2.45, 2.75) is 19.3 Å². The second-order valence-corrected chi connectivity index (χ2v) is 3.81. The molecule has 0 N–H and O–H groups in total. The van der Waals surface area contributed by atoms with Crippen molar-refractivity contribution in [1.29, 1.82) is 0 Å². The minimum absolute atomic E-state index is 1.20. The summed E-state index contributed by atoms with van der Waals surface area (Å²) in [5.74, 6) is 0. The fourth-order valence-corrected chi connectivity index (χ4v) is 2.08. The minimum atomic E-state index is 1.20. The van der Waals surface area contributed by atoms with E-state index in [0.29, 0.717) is 0 Å². The van der Waals surface area contributed by atoms with Gasteiger partial charge in [-0.15, -0.1) is 0 Å². The van der Waals surface area contributed by atoms with Crippen molar-refractivity contribution >= 4 is 11.8 Å². The van der Waals surface area contributed by atoms with Crippen LogP contribution < -0.4 is 4.90 Å². The standard InChI is InChI=1S/C13H17N/c1-2-12-8-4-5-9-13(12)14-10-6-3-7-11-14/h2,4-5,8-9H,1,3,6-7,10-11H2. The van der Waals surface area contributed by atoms with E-state index >= 15 is 0 Å². The lowest BCUT2D eigenvalue weighted by molar-refractivity contribution is 0.577. The molecule has 2 rings (SSSR count). The third kappa shape index (κ3) is 1.82. The predicted octanol–water partition coefficient (Wildman–Crippen LogP) is 3.32. The van der Waals surface area contributed by atoms with Crippen LogP contribution in [0, 0.1) is 0 Å². The van der Waals surface area contributed by atoms with Gasteiger partial charge in [0.1, 0.15) is 0 Å². The third-order valence-corrected chi connectivity index (χ3v) is 2.85. The maximum absolute atomic E-state index is 3.86. The lowest BCUT2D eigenvalue weighted by atomic mass is 10.1. The summed E-state index contributed by atoms with van der Waals surface area (Å²) in [4.78, 5) is 2.47. The predicted molar refractivity (Wildman–Crippen MR) is 62.6 cm³/mol. The molecule has 0 spiro atoms. The zero-order chi connectivity index (χ0) is 9.80. The maximum atomic E-state index is 3.86. The first kappa shape index (κ1) is 9.32. The molecular weight excluding hydrogens is 170 g/mol. The molecule has 1 nitrogen and oxygen atoms in total. The van der Waals surface area contributed by atoms with Crippen LogP contribution in [0.3, 0.4) is 0 Å². The summed E-state index contributed by atoms with van der Waals surface area (Å²) in [6.45, 7) is 6.26. The van der Waals surface area contributed by atoms with E-state index in [9.17, 15) is 0 Å². The quantitative estimate of drug-likeness (QED) is 0.686. The zero-order valence-electron chi connectivity index (χ0n) is 8.58. The number of nitrogens with zero attached hydrogens (tertiary/aromatic N) is 1. The number of rotatable bonds is 2. The van der Waals surface area contributed by atoms with E-state index in [4.69, 9.17) is 0 Å². The molecule has 1 heterocycles. The lowest BCUT2D eigenvalue weighted by Gasteiger charge is -2.30. The van der Waals surface area contributed by atoms with Gasteiger partial charge in [-0.3, -0.25) is 0 Å². The first-order chi connectivity index (χ1) is 6.92. The Hall–Kier alpha value is -1.24. The van der Waals surface area contributed by atoms with Crippen molar-refractivity contribution in [3.63, 3.8) is 0 Å². The Morgan fingerprint density at radius 2 is 1.79 bits per heavy atom. The van der Waals surface area contributed by atoms with Crippen LogP contribution in [0.4, 0.5) is 5.69 Å². The summed E-state index contributed by atoms with van der Waals surface area (Å²) >= 11 is 0. The van der Waals surface area contributed by atoms with E-state index in [1.54, 1.807) is 0 Å². The molecule has 1 aliphatic rings. The fraction of sp³-hybridized carbons (Fsp3) is 0.385. The number of hydrogen-bond acceptors (Lipinski definition) is 1. The molecule has 0 unspecified atom stereocenters. The van der Waals surface area contributed by atoms with E-state index in [1.165, 1.54) is 43.6 Å². The van der Waals surface area contributed by atoms with Gasteiger partial charge in [-0.05, 0) is 30.9 Å². The number of anilines is 1. The molecule has 1 aromatic rings. The smallest absolute Gasteiger partial charge is 0.0439 e. The van der Waals surface area contributed by atoms with Gasteiger partial charge in [0, 0.05) is 18.8 Å². The zero-order valence-corrected chi connectivity index (χ0v) is 8.58. The summed E-state index contributed by atoms with van der Waals surface area (Å²) in [5.41, 5.74) is 2.61. The van der Waals surface area contributed by atoms with Crippen molar-refractivity contribution in [3.05, 3.63) is 36.4 Å². The Bertz CT molecular complexity index is 311. The topological polar surface area (TPSA) is 3.24 Å². The van der Waals surface area contributed by atoms with Crippen LogP contribution in [0.15, 0.2) is 30.8 Å². The molecule has 1 aromatic carbocycles. The van der Waals surface area contributed by atoms with Crippen molar-refractivity contribution in [2.75, 3.05) is 18.0 Å². The molecule has 0 saturated carbocycles. The first-order valence-corrected chi connectivity index (χ1v) is 5.38. The van der Waals surface area contributed by atoms with Crippen molar-refractivity contribution < 1.29 is 0 Å². The molecule has 1 saturated heterocycles. The third-order valence-electron chi connectivity index (χ3n) is 2.85. The number of hydrogen-bond donors (Lipinski definition) is 0. The van der Waals surface area contributed by atoms with Gasteiger partial charge in [0.15, 0.2) is 0 Å². The van der Waals surface area contributed by atoms with Gasteiger partial charge < -0.3 is 4.90 Å². The van der Waals surface area contributed by atoms with Gasteiger partial charge in [-0.1, -0.05) is 30.9 Å². The highest BCUT2D eigenvalue weighted by Crippen LogP contribution is 2.24. The SMILES string of the molecule is C=Cc1ccccc1N1CCCCC1. The molecular formula is C13H17N. The second-order valence-electron chi connectivity index (χ2n) is 3.81. The van der Waals surface area contributed by atoms with Gasteiger partial charge in [0.2, 0.25) is 0 Å². The lowest BCUT2D eigenvalue weighted by Crippen LogP contribution is -2.29. The van der Waals surface area contributed by atoms with Crippen molar-refractivity contribution in [3.8, 4) is 0 Å².